The molecule has 4 amide bonds. The fourth-order valence-corrected chi connectivity index (χ4v) is 4.49. The second-order valence-corrected chi connectivity index (χ2v) is 7.43. The zero-order chi connectivity index (χ0) is 19.0. The highest BCUT2D eigenvalue weighted by molar-refractivity contribution is 6.08. The van der Waals surface area contributed by atoms with Gasteiger partial charge in [0.2, 0.25) is 0 Å². The lowest BCUT2D eigenvalue weighted by atomic mass is 9.87. The van der Waals surface area contributed by atoms with Crippen molar-refractivity contribution in [3.05, 3.63) is 36.0 Å². The molecule has 2 heterocycles. The van der Waals surface area contributed by atoms with E-state index in [0.29, 0.717) is 18.5 Å². The molecule has 2 aliphatic rings. The van der Waals surface area contributed by atoms with E-state index < -0.39 is 11.6 Å². The summed E-state index contributed by atoms with van der Waals surface area (Å²) in [5.41, 5.74) is 0.816. The maximum Gasteiger partial charge on any atom is 0.322 e. The molecule has 2 unspecified atom stereocenters. The van der Waals surface area contributed by atoms with Crippen LogP contribution in [0.3, 0.4) is 0 Å². The van der Waals surface area contributed by atoms with E-state index in [-0.39, 0.29) is 17.7 Å². The van der Waals surface area contributed by atoms with Crippen LogP contribution < -0.4 is 16.0 Å². The van der Waals surface area contributed by atoms with Crippen molar-refractivity contribution in [2.45, 2.75) is 44.7 Å². The molecule has 1 aromatic carbocycles. The molecule has 7 nitrogen and oxygen atoms in total. The molecule has 1 aliphatic heterocycles. The average molecular weight is 368 g/mol. The maximum absolute atomic E-state index is 12.9. The van der Waals surface area contributed by atoms with E-state index in [9.17, 15) is 14.4 Å². The molecule has 27 heavy (non-hydrogen) atoms. The minimum atomic E-state index is -0.874. The van der Waals surface area contributed by atoms with Crippen molar-refractivity contribution in [2.75, 3.05) is 6.54 Å². The molecular weight excluding hydrogens is 344 g/mol. The summed E-state index contributed by atoms with van der Waals surface area (Å²) in [7, 11) is 0. The van der Waals surface area contributed by atoms with Crippen LogP contribution in [0.5, 0.6) is 0 Å². The standard InChI is InChI=1S/C20H24N4O3/c1-2-10-24-12-15(14-7-3-4-8-16(14)24)17(25)21-11-13-6-5-9-20(13)18(26)22-19(27)23-20/h3-4,7-8,12-13H,2,5-6,9-11H2,1H3,(H,21,25)(H2,22,23,26,27). The van der Waals surface area contributed by atoms with Gasteiger partial charge in [-0.25, -0.2) is 4.79 Å². The quantitative estimate of drug-likeness (QED) is 0.706. The molecule has 1 aliphatic carbocycles. The number of rotatable bonds is 5. The number of urea groups is 1. The normalized spacial score (nSPS) is 24.4. The van der Waals surface area contributed by atoms with Gasteiger partial charge in [-0.1, -0.05) is 31.5 Å². The molecule has 1 aromatic heterocycles. The predicted octanol–water partition coefficient (Wildman–Crippen LogP) is 2.16. The highest BCUT2D eigenvalue weighted by Crippen LogP contribution is 2.37. The number of aryl methyl sites for hydroxylation is 1. The summed E-state index contributed by atoms with van der Waals surface area (Å²) in [6.07, 6.45) is 5.15. The fraction of sp³-hybridized carbons (Fsp3) is 0.450. The maximum atomic E-state index is 12.9. The van der Waals surface area contributed by atoms with Crippen molar-refractivity contribution < 1.29 is 14.4 Å². The molecule has 2 atom stereocenters. The van der Waals surface area contributed by atoms with Gasteiger partial charge in [-0.3, -0.25) is 14.9 Å². The Morgan fingerprint density at radius 1 is 1.33 bits per heavy atom. The minimum absolute atomic E-state index is 0.100. The first-order valence-corrected chi connectivity index (χ1v) is 9.55. The predicted molar refractivity (Wildman–Crippen MR) is 101 cm³/mol. The van der Waals surface area contributed by atoms with E-state index in [1.165, 1.54) is 0 Å². The Morgan fingerprint density at radius 2 is 2.15 bits per heavy atom. The Morgan fingerprint density at radius 3 is 2.89 bits per heavy atom. The van der Waals surface area contributed by atoms with Crippen LogP contribution in [-0.4, -0.2) is 34.5 Å². The van der Waals surface area contributed by atoms with E-state index in [4.69, 9.17) is 0 Å². The summed E-state index contributed by atoms with van der Waals surface area (Å²) in [4.78, 5) is 36.7. The highest BCUT2D eigenvalue weighted by Gasteiger charge is 2.54. The number of imide groups is 1. The Kier molecular flexibility index (Phi) is 4.37. The first kappa shape index (κ1) is 17.6. The summed E-state index contributed by atoms with van der Waals surface area (Å²) in [5.74, 6) is -0.520. The van der Waals surface area contributed by atoms with Crippen LogP contribution >= 0.6 is 0 Å². The van der Waals surface area contributed by atoms with Gasteiger partial charge in [0.25, 0.3) is 11.8 Å². The summed E-state index contributed by atoms with van der Waals surface area (Å²) in [5, 5.41) is 9.04. The molecule has 3 N–H and O–H groups in total. The fourth-order valence-electron chi connectivity index (χ4n) is 4.49. The van der Waals surface area contributed by atoms with Crippen molar-refractivity contribution in [3.63, 3.8) is 0 Å². The van der Waals surface area contributed by atoms with Crippen molar-refractivity contribution in [1.29, 1.82) is 0 Å². The number of carbonyl (C=O) groups excluding carboxylic acids is 3. The van der Waals surface area contributed by atoms with Gasteiger partial charge >= 0.3 is 6.03 Å². The number of amides is 4. The Balaban J connectivity index is 1.53. The van der Waals surface area contributed by atoms with Crippen LogP contribution in [0.2, 0.25) is 0 Å². The topological polar surface area (TPSA) is 92.2 Å². The van der Waals surface area contributed by atoms with E-state index in [1.54, 1.807) is 0 Å². The number of aromatic nitrogens is 1. The van der Waals surface area contributed by atoms with Crippen LogP contribution in [0.4, 0.5) is 4.79 Å². The van der Waals surface area contributed by atoms with Gasteiger partial charge in [-0.05, 0) is 25.3 Å². The molecule has 142 valence electrons. The molecule has 1 spiro atoms. The number of nitrogens with zero attached hydrogens (tertiary/aromatic N) is 1. The number of hydrogen-bond acceptors (Lipinski definition) is 3. The lowest BCUT2D eigenvalue weighted by Gasteiger charge is -2.28. The molecule has 2 fully saturated rings. The molecule has 1 saturated heterocycles. The van der Waals surface area contributed by atoms with Gasteiger partial charge in [0.1, 0.15) is 5.54 Å². The van der Waals surface area contributed by atoms with E-state index >= 15 is 0 Å². The third kappa shape index (κ3) is 2.87. The second kappa shape index (κ2) is 6.72. The molecule has 4 rings (SSSR count). The first-order valence-electron chi connectivity index (χ1n) is 9.55. The van der Waals surface area contributed by atoms with E-state index in [2.05, 4.69) is 27.4 Å². The van der Waals surface area contributed by atoms with Gasteiger partial charge in [-0.15, -0.1) is 0 Å². The number of carbonyl (C=O) groups is 3. The average Bonchev–Trinajstić information content (AvgIpc) is 3.31. The molecule has 7 heteroatoms. The summed E-state index contributed by atoms with van der Waals surface area (Å²) < 4.78 is 2.10. The largest absolute Gasteiger partial charge is 0.352 e. The van der Waals surface area contributed by atoms with Gasteiger partial charge in [0.05, 0.1) is 5.56 Å². The van der Waals surface area contributed by atoms with Crippen LogP contribution in [0.25, 0.3) is 10.9 Å². The molecule has 1 saturated carbocycles. The summed E-state index contributed by atoms with van der Waals surface area (Å²) in [6.45, 7) is 3.32. The minimum Gasteiger partial charge on any atom is -0.352 e. The van der Waals surface area contributed by atoms with Crippen LogP contribution in [-0.2, 0) is 11.3 Å². The monoisotopic (exact) mass is 368 g/mol. The number of fused-ring (bicyclic) bond motifs is 1. The zero-order valence-electron chi connectivity index (χ0n) is 15.4. The van der Waals surface area contributed by atoms with Crippen molar-refractivity contribution in [2.24, 2.45) is 5.92 Å². The molecule has 2 aromatic rings. The van der Waals surface area contributed by atoms with Crippen molar-refractivity contribution in [1.82, 2.24) is 20.5 Å². The smallest absolute Gasteiger partial charge is 0.322 e. The van der Waals surface area contributed by atoms with E-state index in [1.807, 2.05) is 30.5 Å². The number of nitrogens with one attached hydrogen (secondary N) is 3. The van der Waals surface area contributed by atoms with Gasteiger partial charge < -0.3 is 15.2 Å². The lowest BCUT2D eigenvalue weighted by molar-refractivity contribution is -0.125. The third-order valence-corrected chi connectivity index (χ3v) is 5.80. The van der Waals surface area contributed by atoms with E-state index in [0.717, 1.165) is 36.7 Å². The van der Waals surface area contributed by atoms with Crippen LogP contribution in [0.1, 0.15) is 43.0 Å². The Labute approximate surface area is 157 Å². The summed E-state index contributed by atoms with van der Waals surface area (Å²) in [6, 6.07) is 7.44. The number of para-hydroxylation sites is 1. The first-order chi connectivity index (χ1) is 13.0. The molecular formula is C20H24N4O3. The SMILES string of the molecule is CCCn1cc(C(=O)NCC2CCCC23NC(=O)NC3=O)c2ccccc21. The molecule has 0 bridgehead atoms. The zero-order valence-corrected chi connectivity index (χ0v) is 15.4. The van der Waals surface area contributed by atoms with Gasteiger partial charge in [0.15, 0.2) is 0 Å². The van der Waals surface area contributed by atoms with Crippen LogP contribution in [0.15, 0.2) is 30.5 Å². The van der Waals surface area contributed by atoms with Crippen molar-refractivity contribution in [3.8, 4) is 0 Å². The Hall–Kier alpha value is -2.83. The Bertz CT molecular complexity index is 919. The van der Waals surface area contributed by atoms with Crippen molar-refractivity contribution >= 4 is 28.7 Å². The number of hydrogen-bond donors (Lipinski definition) is 3. The van der Waals surface area contributed by atoms with Crippen LogP contribution in [0, 0.1) is 5.92 Å². The lowest BCUT2D eigenvalue weighted by Crippen LogP contribution is -2.53. The summed E-state index contributed by atoms with van der Waals surface area (Å²) >= 11 is 0. The third-order valence-electron chi connectivity index (χ3n) is 5.80. The highest BCUT2D eigenvalue weighted by atomic mass is 16.2. The number of benzene rings is 1. The van der Waals surface area contributed by atoms with Gasteiger partial charge in [0, 0.05) is 36.1 Å². The molecule has 0 radical (unpaired) electrons. The van der Waals surface area contributed by atoms with Gasteiger partial charge in [-0.2, -0.15) is 0 Å². The second-order valence-electron chi connectivity index (χ2n) is 7.43.